The lowest BCUT2D eigenvalue weighted by atomic mass is 10.0. The van der Waals surface area contributed by atoms with Crippen LogP contribution >= 0.6 is 11.3 Å². The van der Waals surface area contributed by atoms with Crippen molar-refractivity contribution in [1.29, 1.82) is 0 Å². The highest BCUT2D eigenvalue weighted by atomic mass is 32.1. The first-order chi connectivity index (χ1) is 10.6. The van der Waals surface area contributed by atoms with Gasteiger partial charge in [-0.2, -0.15) is 0 Å². The van der Waals surface area contributed by atoms with E-state index in [1.165, 1.54) is 11.3 Å². The summed E-state index contributed by atoms with van der Waals surface area (Å²) >= 11 is 1.37. The topological polar surface area (TPSA) is 67.4 Å². The summed E-state index contributed by atoms with van der Waals surface area (Å²) in [5.74, 6) is -0.115. The highest BCUT2D eigenvalue weighted by molar-refractivity contribution is 7.15. The maximum atomic E-state index is 12.2. The fourth-order valence-corrected chi connectivity index (χ4v) is 3.00. The molecular weight excluding hydrogens is 312 g/mol. The minimum atomic E-state index is -0.372. The molecule has 0 aliphatic carbocycles. The standard InChI is InChI=1S/C17H28N2O3S/c1-7-22-16(21)14-12(8-11(2)3)10-23-15(14)19-13(20)9-18-17(4,5)6/h10-11,18H,7-9H2,1-6H3,(H,19,20). The number of hydrogen-bond donors (Lipinski definition) is 2. The summed E-state index contributed by atoms with van der Waals surface area (Å²) in [5.41, 5.74) is 1.29. The predicted molar refractivity (Wildman–Crippen MR) is 95.2 cm³/mol. The van der Waals surface area contributed by atoms with E-state index in [2.05, 4.69) is 24.5 Å². The van der Waals surface area contributed by atoms with Crippen LogP contribution in [-0.2, 0) is 16.0 Å². The first-order valence-electron chi connectivity index (χ1n) is 7.96. The monoisotopic (exact) mass is 340 g/mol. The summed E-state index contributed by atoms with van der Waals surface area (Å²) in [6.07, 6.45) is 0.779. The molecule has 0 radical (unpaired) electrons. The Morgan fingerprint density at radius 2 is 1.96 bits per heavy atom. The summed E-state index contributed by atoms with van der Waals surface area (Å²) in [5, 5.41) is 8.46. The molecule has 0 fully saturated rings. The Morgan fingerprint density at radius 1 is 1.30 bits per heavy atom. The Bertz CT molecular complexity index is 545. The van der Waals surface area contributed by atoms with Crippen molar-refractivity contribution in [3.05, 3.63) is 16.5 Å². The largest absolute Gasteiger partial charge is 0.462 e. The Balaban J connectivity index is 2.90. The third-order valence-corrected chi connectivity index (χ3v) is 3.95. The van der Waals surface area contributed by atoms with Gasteiger partial charge in [-0.05, 0) is 51.0 Å². The van der Waals surface area contributed by atoms with E-state index >= 15 is 0 Å². The summed E-state index contributed by atoms with van der Waals surface area (Å²) in [4.78, 5) is 24.3. The van der Waals surface area contributed by atoms with Crippen molar-refractivity contribution in [3.63, 3.8) is 0 Å². The van der Waals surface area contributed by atoms with Gasteiger partial charge in [-0.25, -0.2) is 4.79 Å². The highest BCUT2D eigenvalue weighted by Gasteiger charge is 2.22. The molecular formula is C17H28N2O3S. The van der Waals surface area contributed by atoms with Crippen molar-refractivity contribution < 1.29 is 14.3 Å². The van der Waals surface area contributed by atoms with Crippen LogP contribution in [-0.4, -0.2) is 30.6 Å². The number of carbonyl (C=O) groups is 2. The quantitative estimate of drug-likeness (QED) is 0.746. The normalized spacial score (nSPS) is 11.6. The second-order valence-corrected chi connectivity index (χ2v) is 7.81. The molecule has 0 saturated carbocycles. The fourth-order valence-electron chi connectivity index (χ4n) is 2.02. The zero-order valence-corrected chi connectivity index (χ0v) is 15.7. The average molecular weight is 340 g/mol. The van der Waals surface area contributed by atoms with Gasteiger partial charge < -0.3 is 15.4 Å². The Kier molecular flexibility index (Phi) is 7.22. The van der Waals surface area contributed by atoms with Crippen LogP contribution in [0.5, 0.6) is 0 Å². The Hall–Kier alpha value is -1.40. The predicted octanol–water partition coefficient (Wildman–Crippen LogP) is 3.45. The van der Waals surface area contributed by atoms with E-state index < -0.39 is 0 Å². The number of nitrogens with one attached hydrogen (secondary N) is 2. The molecule has 0 aromatic carbocycles. The lowest BCUT2D eigenvalue weighted by Crippen LogP contribution is -2.41. The Morgan fingerprint density at radius 3 is 2.48 bits per heavy atom. The van der Waals surface area contributed by atoms with Gasteiger partial charge >= 0.3 is 5.97 Å². The van der Waals surface area contributed by atoms with Gasteiger partial charge in [-0.1, -0.05) is 13.8 Å². The van der Waals surface area contributed by atoms with Crippen LogP contribution in [0, 0.1) is 5.92 Å². The number of ether oxygens (including phenoxy) is 1. The molecule has 0 unspecified atom stereocenters. The fraction of sp³-hybridized carbons (Fsp3) is 0.647. The van der Waals surface area contributed by atoms with Crippen LogP contribution in [0.2, 0.25) is 0 Å². The van der Waals surface area contributed by atoms with Crippen LogP contribution in [0.25, 0.3) is 0 Å². The van der Waals surface area contributed by atoms with Crippen LogP contribution in [0.15, 0.2) is 5.38 Å². The number of thiophene rings is 1. The van der Waals surface area contributed by atoms with Gasteiger partial charge in [0.25, 0.3) is 0 Å². The molecule has 1 amide bonds. The first kappa shape index (κ1) is 19.6. The van der Waals surface area contributed by atoms with Crippen molar-refractivity contribution in [1.82, 2.24) is 5.32 Å². The smallest absolute Gasteiger partial charge is 0.341 e. The van der Waals surface area contributed by atoms with Crippen LogP contribution in [0.1, 0.15) is 57.5 Å². The van der Waals surface area contributed by atoms with E-state index in [9.17, 15) is 9.59 Å². The summed E-state index contributed by atoms with van der Waals surface area (Å²) < 4.78 is 5.15. The zero-order chi connectivity index (χ0) is 17.6. The van der Waals surface area contributed by atoms with E-state index in [-0.39, 0.29) is 24.0 Å². The number of carbonyl (C=O) groups excluding carboxylic acids is 2. The third kappa shape index (κ3) is 6.71. The van der Waals surface area contributed by atoms with Gasteiger partial charge in [0.2, 0.25) is 5.91 Å². The number of amides is 1. The van der Waals surface area contributed by atoms with Gasteiger partial charge in [0.05, 0.1) is 18.7 Å². The average Bonchev–Trinajstić information content (AvgIpc) is 2.77. The van der Waals surface area contributed by atoms with Gasteiger partial charge in [0, 0.05) is 5.54 Å². The maximum absolute atomic E-state index is 12.2. The molecule has 0 atom stereocenters. The van der Waals surface area contributed by atoms with Gasteiger partial charge in [0.1, 0.15) is 5.00 Å². The molecule has 23 heavy (non-hydrogen) atoms. The van der Waals surface area contributed by atoms with Gasteiger partial charge in [-0.3, -0.25) is 4.79 Å². The molecule has 0 aliphatic heterocycles. The van der Waals surface area contributed by atoms with Crippen molar-refractivity contribution in [2.75, 3.05) is 18.5 Å². The summed E-state index contributed by atoms with van der Waals surface area (Å²) in [6.45, 7) is 12.5. The van der Waals surface area contributed by atoms with Crippen molar-refractivity contribution in [2.45, 2.75) is 53.5 Å². The summed E-state index contributed by atoms with van der Waals surface area (Å²) in [6, 6.07) is 0. The second-order valence-electron chi connectivity index (χ2n) is 6.94. The maximum Gasteiger partial charge on any atom is 0.341 e. The van der Waals surface area contributed by atoms with Gasteiger partial charge in [-0.15, -0.1) is 11.3 Å². The van der Waals surface area contributed by atoms with Crippen molar-refractivity contribution in [3.8, 4) is 0 Å². The van der Waals surface area contributed by atoms with E-state index in [0.717, 1.165) is 12.0 Å². The minimum absolute atomic E-state index is 0.139. The lowest BCUT2D eigenvalue weighted by molar-refractivity contribution is -0.115. The Labute approximate surface area is 142 Å². The number of hydrogen-bond acceptors (Lipinski definition) is 5. The number of anilines is 1. The molecule has 130 valence electrons. The SMILES string of the molecule is CCOC(=O)c1c(CC(C)C)csc1NC(=O)CNC(C)(C)C. The molecule has 1 aromatic heterocycles. The van der Waals surface area contributed by atoms with Crippen molar-refractivity contribution >= 4 is 28.2 Å². The lowest BCUT2D eigenvalue weighted by Gasteiger charge is -2.20. The highest BCUT2D eigenvalue weighted by Crippen LogP contribution is 2.30. The minimum Gasteiger partial charge on any atom is -0.462 e. The van der Waals surface area contributed by atoms with Crippen molar-refractivity contribution in [2.24, 2.45) is 5.92 Å². The molecule has 1 aromatic rings. The number of rotatable bonds is 7. The molecule has 0 aliphatic rings. The van der Waals surface area contributed by atoms with E-state index in [0.29, 0.717) is 23.1 Å². The molecule has 1 rings (SSSR count). The number of esters is 1. The summed E-state index contributed by atoms with van der Waals surface area (Å²) in [7, 11) is 0. The van der Waals surface area contributed by atoms with Gasteiger partial charge in [0.15, 0.2) is 0 Å². The molecule has 1 heterocycles. The van der Waals surface area contributed by atoms with Crippen LogP contribution in [0.4, 0.5) is 5.00 Å². The third-order valence-electron chi connectivity index (χ3n) is 3.01. The van der Waals surface area contributed by atoms with Crippen LogP contribution in [0.3, 0.4) is 0 Å². The van der Waals surface area contributed by atoms with E-state index in [1.54, 1.807) is 6.92 Å². The van der Waals surface area contributed by atoms with Crippen LogP contribution < -0.4 is 10.6 Å². The molecule has 6 heteroatoms. The molecule has 0 spiro atoms. The second kappa shape index (κ2) is 8.45. The molecule has 0 saturated heterocycles. The molecule has 2 N–H and O–H groups in total. The zero-order valence-electron chi connectivity index (χ0n) is 14.9. The first-order valence-corrected chi connectivity index (χ1v) is 8.84. The molecule has 0 bridgehead atoms. The van der Waals surface area contributed by atoms with E-state index in [4.69, 9.17) is 4.74 Å². The van der Waals surface area contributed by atoms with E-state index in [1.807, 2.05) is 26.2 Å². The molecule has 5 nitrogen and oxygen atoms in total.